The fourth-order valence-electron chi connectivity index (χ4n) is 1.62. The number of nitrogens with zero attached hydrogens (tertiary/aromatic N) is 1. The third kappa shape index (κ3) is 4.96. The van der Waals surface area contributed by atoms with E-state index < -0.39 is 17.5 Å². The summed E-state index contributed by atoms with van der Waals surface area (Å²) in [6.07, 6.45) is 4.36. The average Bonchev–Trinajstić information content (AvgIpc) is 2.51. The molecule has 0 saturated carbocycles. The minimum absolute atomic E-state index is 0.00579. The molecule has 116 valence electrons. The summed E-state index contributed by atoms with van der Waals surface area (Å²) in [6, 6.07) is 0. The van der Waals surface area contributed by atoms with Gasteiger partial charge < -0.3 is 14.2 Å². The van der Waals surface area contributed by atoms with Gasteiger partial charge in [0.15, 0.2) is 0 Å². The van der Waals surface area contributed by atoms with Crippen molar-refractivity contribution in [3.05, 3.63) is 12.2 Å². The SMILES string of the molecule is CC1(C(=O)OCCSSC2=NCCC=C2)COC(=O)OC1. The topological polar surface area (TPSA) is 74.2 Å². The molecule has 2 heterocycles. The lowest BCUT2D eigenvalue weighted by molar-refractivity contribution is -0.165. The minimum Gasteiger partial charge on any atom is -0.464 e. The van der Waals surface area contributed by atoms with Gasteiger partial charge in [-0.3, -0.25) is 9.79 Å². The van der Waals surface area contributed by atoms with Gasteiger partial charge in [-0.15, -0.1) is 0 Å². The molecule has 8 heteroatoms. The molecule has 0 aromatic rings. The van der Waals surface area contributed by atoms with Gasteiger partial charge in [-0.1, -0.05) is 16.9 Å². The van der Waals surface area contributed by atoms with Crippen LogP contribution in [0.25, 0.3) is 0 Å². The first-order chi connectivity index (χ1) is 10.1. The highest BCUT2D eigenvalue weighted by Crippen LogP contribution is 2.26. The first kappa shape index (κ1) is 16.2. The van der Waals surface area contributed by atoms with Gasteiger partial charge in [0.05, 0.1) is 0 Å². The Hall–Kier alpha value is -1.15. The summed E-state index contributed by atoms with van der Waals surface area (Å²) in [4.78, 5) is 27.1. The van der Waals surface area contributed by atoms with E-state index in [0.29, 0.717) is 12.4 Å². The van der Waals surface area contributed by atoms with Gasteiger partial charge in [0, 0.05) is 12.3 Å². The lowest BCUT2D eigenvalue weighted by atomic mass is 9.93. The van der Waals surface area contributed by atoms with Crippen molar-refractivity contribution < 1.29 is 23.8 Å². The van der Waals surface area contributed by atoms with Gasteiger partial charge in [-0.25, -0.2) is 4.79 Å². The molecule has 6 nitrogen and oxygen atoms in total. The molecule has 0 aromatic heterocycles. The van der Waals surface area contributed by atoms with E-state index in [0.717, 1.165) is 18.0 Å². The molecule has 0 radical (unpaired) electrons. The fraction of sp³-hybridized carbons (Fsp3) is 0.615. The molecule has 1 fully saturated rings. The molecule has 0 amide bonds. The van der Waals surface area contributed by atoms with Crippen LogP contribution in [-0.4, -0.2) is 49.3 Å². The van der Waals surface area contributed by atoms with Gasteiger partial charge in [0.2, 0.25) is 0 Å². The van der Waals surface area contributed by atoms with Crippen molar-refractivity contribution in [2.75, 3.05) is 32.1 Å². The summed E-state index contributed by atoms with van der Waals surface area (Å²) < 4.78 is 14.7. The normalized spacial score (nSPS) is 20.2. The Kier molecular flexibility index (Phi) is 5.98. The molecule has 0 spiro atoms. The van der Waals surface area contributed by atoms with Crippen LogP contribution in [-0.2, 0) is 19.0 Å². The van der Waals surface area contributed by atoms with Crippen molar-refractivity contribution in [2.24, 2.45) is 10.4 Å². The quantitative estimate of drug-likeness (QED) is 0.435. The van der Waals surface area contributed by atoms with Crippen LogP contribution in [0.3, 0.4) is 0 Å². The summed E-state index contributed by atoms with van der Waals surface area (Å²) in [7, 11) is 3.17. The van der Waals surface area contributed by atoms with Crippen molar-refractivity contribution in [2.45, 2.75) is 13.3 Å². The van der Waals surface area contributed by atoms with E-state index in [-0.39, 0.29) is 13.2 Å². The first-order valence-electron chi connectivity index (χ1n) is 6.57. The summed E-state index contributed by atoms with van der Waals surface area (Å²) in [5.41, 5.74) is -0.915. The Balaban J connectivity index is 1.62. The Morgan fingerprint density at radius 3 is 2.90 bits per heavy atom. The molecule has 0 aliphatic carbocycles. The maximum atomic E-state index is 11.9. The summed E-state index contributed by atoms with van der Waals surface area (Å²) in [5, 5.41) is 0.997. The van der Waals surface area contributed by atoms with E-state index in [1.165, 1.54) is 0 Å². The van der Waals surface area contributed by atoms with Crippen LogP contribution in [0.5, 0.6) is 0 Å². The van der Waals surface area contributed by atoms with Crippen molar-refractivity contribution in [1.82, 2.24) is 0 Å². The van der Waals surface area contributed by atoms with Gasteiger partial charge in [-0.2, -0.15) is 0 Å². The molecule has 21 heavy (non-hydrogen) atoms. The number of aliphatic imine (C=N–C) groups is 1. The third-order valence-corrected chi connectivity index (χ3v) is 5.13. The van der Waals surface area contributed by atoms with Crippen LogP contribution in [0.15, 0.2) is 17.1 Å². The highest BCUT2D eigenvalue weighted by atomic mass is 33.1. The maximum absolute atomic E-state index is 11.9. The van der Waals surface area contributed by atoms with E-state index in [1.54, 1.807) is 28.5 Å². The van der Waals surface area contributed by atoms with E-state index in [2.05, 4.69) is 11.1 Å². The Bertz CT molecular complexity index is 453. The van der Waals surface area contributed by atoms with E-state index >= 15 is 0 Å². The molecule has 0 bridgehead atoms. The predicted molar refractivity (Wildman–Crippen MR) is 82.5 cm³/mol. The van der Waals surface area contributed by atoms with Crippen LogP contribution in [0.4, 0.5) is 4.79 Å². The number of rotatable bonds is 5. The van der Waals surface area contributed by atoms with Crippen molar-refractivity contribution in [1.29, 1.82) is 0 Å². The first-order valence-corrected chi connectivity index (χ1v) is 8.89. The molecular formula is C13H17NO5S2. The van der Waals surface area contributed by atoms with Crippen LogP contribution in [0.2, 0.25) is 0 Å². The van der Waals surface area contributed by atoms with Crippen LogP contribution >= 0.6 is 21.6 Å². The lowest BCUT2D eigenvalue weighted by Gasteiger charge is -2.29. The molecule has 0 unspecified atom stereocenters. The standard InChI is InChI=1S/C13H17NO5S2/c1-13(8-18-12(16)19-9-13)11(15)17-6-7-20-21-10-4-2-3-5-14-10/h2,4H,3,5-9H2,1H3. The molecule has 0 aromatic carbocycles. The molecule has 2 aliphatic heterocycles. The monoisotopic (exact) mass is 331 g/mol. The third-order valence-electron chi connectivity index (χ3n) is 2.88. The fourth-order valence-corrected chi connectivity index (χ4v) is 3.41. The van der Waals surface area contributed by atoms with Gasteiger partial charge in [0.1, 0.15) is 30.3 Å². The zero-order valence-corrected chi connectivity index (χ0v) is 13.3. The smallest absolute Gasteiger partial charge is 0.464 e. The molecule has 0 N–H and O–H groups in total. The van der Waals surface area contributed by atoms with E-state index in [9.17, 15) is 9.59 Å². The zero-order chi connectivity index (χ0) is 15.1. The Labute approximate surface area is 131 Å². The largest absolute Gasteiger partial charge is 0.508 e. The average molecular weight is 331 g/mol. The second kappa shape index (κ2) is 7.74. The number of hydrogen-bond acceptors (Lipinski definition) is 8. The molecule has 2 aliphatic rings. The molecule has 2 rings (SSSR count). The van der Waals surface area contributed by atoms with Crippen molar-refractivity contribution in [3.8, 4) is 0 Å². The van der Waals surface area contributed by atoms with Crippen molar-refractivity contribution >= 4 is 38.8 Å². The van der Waals surface area contributed by atoms with Gasteiger partial charge >= 0.3 is 12.1 Å². The highest BCUT2D eigenvalue weighted by Gasteiger charge is 2.41. The van der Waals surface area contributed by atoms with E-state index in [1.807, 2.05) is 6.08 Å². The van der Waals surface area contributed by atoms with Gasteiger partial charge in [-0.05, 0) is 30.2 Å². The number of carbonyl (C=O) groups is 2. The van der Waals surface area contributed by atoms with Crippen molar-refractivity contribution in [3.63, 3.8) is 0 Å². The number of cyclic esters (lactones) is 2. The Morgan fingerprint density at radius 2 is 2.24 bits per heavy atom. The second-order valence-electron chi connectivity index (χ2n) is 4.84. The molecule has 1 saturated heterocycles. The zero-order valence-electron chi connectivity index (χ0n) is 11.7. The van der Waals surface area contributed by atoms with Crippen LogP contribution in [0, 0.1) is 5.41 Å². The van der Waals surface area contributed by atoms with Gasteiger partial charge in [0.25, 0.3) is 0 Å². The number of dihydropyridines is 1. The number of hydrogen-bond donors (Lipinski definition) is 0. The molecule has 0 atom stereocenters. The summed E-state index contributed by atoms with van der Waals surface area (Å²) in [6.45, 7) is 2.79. The highest BCUT2D eigenvalue weighted by molar-refractivity contribution is 8.82. The van der Waals surface area contributed by atoms with Crippen LogP contribution < -0.4 is 0 Å². The minimum atomic E-state index is -0.915. The number of esters is 1. The van der Waals surface area contributed by atoms with E-state index in [4.69, 9.17) is 14.2 Å². The second-order valence-corrected chi connectivity index (χ2v) is 7.28. The van der Waals surface area contributed by atoms with Crippen LogP contribution in [0.1, 0.15) is 13.3 Å². The number of carbonyl (C=O) groups excluding carboxylic acids is 2. The molecular weight excluding hydrogens is 314 g/mol. The predicted octanol–water partition coefficient (Wildman–Crippen LogP) is 2.44. The maximum Gasteiger partial charge on any atom is 0.508 e. The summed E-state index contributed by atoms with van der Waals surface area (Å²) in [5.74, 6) is 0.260. The lowest BCUT2D eigenvalue weighted by Crippen LogP contribution is -2.44. The summed E-state index contributed by atoms with van der Waals surface area (Å²) >= 11 is 0. The number of ether oxygens (including phenoxy) is 3. The Morgan fingerprint density at radius 1 is 1.48 bits per heavy atom.